The summed E-state index contributed by atoms with van der Waals surface area (Å²) in [6, 6.07) is 4.08. The summed E-state index contributed by atoms with van der Waals surface area (Å²) in [6.07, 6.45) is 5.94. The number of nitrogens with zero attached hydrogens (tertiary/aromatic N) is 4. The Balaban J connectivity index is 1.26. The molecule has 60 heavy (non-hydrogen) atoms. The molecule has 0 bridgehead atoms. The Kier molecular flexibility index (Phi) is 11.8. The Morgan fingerprint density at radius 1 is 1.12 bits per heavy atom. The second-order valence-corrected chi connectivity index (χ2v) is 20.1. The molecule has 5 unspecified atom stereocenters. The number of carbonyl (C=O) groups is 4. The molecule has 18 heteroatoms. The number of alkyl halides is 1. The van der Waals surface area contributed by atoms with E-state index in [2.05, 4.69) is 20.3 Å². The Labute approximate surface area is 350 Å². The number of amides is 4. The van der Waals surface area contributed by atoms with Crippen molar-refractivity contribution in [2.45, 2.75) is 120 Å². The van der Waals surface area contributed by atoms with Gasteiger partial charge in [0.1, 0.15) is 46.2 Å². The molecule has 3 aliphatic heterocycles. The largest absolute Gasteiger partial charge is 0.497 e. The maximum absolute atomic E-state index is 14.9. The number of aromatic nitrogens is 2. The molecule has 16 nitrogen and oxygen atoms in total. The number of anilines is 1. The van der Waals surface area contributed by atoms with Gasteiger partial charge in [-0.05, 0) is 103 Å². The van der Waals surface area contributed by atoms with Gasteiger partial charge < -0.3 is 29.3 Å². The maximum Gasteiger partial charge on any atom is 0.412 e. The normalized spacial score (nSPS) is 28.2. The molecule has 4 amide bonds. The number of hydrogen-bond donors (Lipinski definition) is 3. The highest BCUT2D eigenvalue weighted by Gasteiger charge is 2.64. The summed E-state index contributed by atoms with van der Waals surface area (Å²) in [5, 5.41) is 6.11. The average Bonchev–Trinajstić information content (AvgIpc) is 4.00. The van der Waals surface area contributed by atoms with Crippen molar-refractivity contribution in [1.82, 2.24) is 30.2 Å². The topological polar surface area (TPSA) is 198 Å². The molecular weight excluding hydrogens is 798 g/mol. The highest BCUT2D eigenvalue weighted by Crippen LogP contribution is 2.48. The first-order chi connectivity index (χ1) is 28.4. The van der Waals surface area contributed by atoms with Crippen LogP contribution in [0.1, 0.15) is 92.4 Å². The molecule has 2 aromatic rings. The number of rotatable bonds is 9. The molecule has 4 fully saturated rings. The summed E-state index contributed by atoms with van der Waals surface area (Å²) in [4.78, 5) is 69.8. The van der Waals surface area contributed by atoms with Gasteiger partial charge in [-0.3, -0.25) is 24.4 Å². The van der Waals surface area contributed by atoms with E-state index in [1.807, 2.05) is 13.0 Å². The minimum absolute atomic E-state index is 0.0420. The molecule has 2 saturated carbocycles. The minimum atomic E-state index is -4.41. The molecule has 5 atom stereocenters. The highest BCUT2D eigenvalue weighted by molar-refractivity contribution is 7.91. The van der Waals surface area contributed by atoms with Gasteiger partial charge in [0.05, 0.1) is 24.6 Å². The van der Waals surface area contributed by atoms with Crippen LogP contribution in [0.25, 0.3) is 10.9 Å². The molecule has 1 aromatic heterocycles. The van der Waals surface area contributed by atoms with Crippen LogP contribution in [-0.4, -0.2) is 109 Å². The third kappa shape index (κ3) is 8.89. The van der Waals surface area contributed by atoms with Crippen LogP contribution in [0.4, 0.5) is 15.1 Å². The zero-order chi connectivity index (χ0) is 43.2. The number of sulfonamides is 1. The van der Waals surface area contributed by atoms with Crippen molar-refractivity contribution >= 4 is 50.7 Å². The van der Waals surface area contributed by atoms with Crippen molar-refractivity contribution in [3.63, 3.8) is 0 Å². The lowest BCUT2D eigenvalue weighted by Gasteiger charge is -2.28. The van der Waals surface area contributed by atoms with Gasteiger partial charge in [-0.15, -0.1) is 0 Å². The van der Waals surface area contributed by atoms with Crippen molar-refractivity contribution in [2.24, 2.45) is 11.8 Å². The molecular formula is C42H56FN7O9S. The smallest absolute Gasteiger partial charge is 0.412 e. The summed E-state index contributed by atoms with van der Waals surface area (Å²) in [5.41, 5.74) is -1.43. The molecule has 7 rings (SSSR count). The number of nitrogens with one attached hydrogen (secondary N) is 3. The zero-order valence-electron chi connectivity index (χ0n) is 35.1. The lowest BCUT2D eigenvalue weighted by Crippen LogP contribution is -2.57. The van der Waals surface area contributed by atoms with Crippen LogP contribution in [0, 0.1) is 11.8 Å². The van der Waals surface area contributed by atoms with Gasteiger partial charge in [0.15, 0.2) is 0 Å². The Morgan fingerprint density at radius 3 is 2.52 bits per heavy atom. The SMILES string of the molecule is COc1ccc2c(OC3CC4C(=O)NC5(C(=O)NS(=O)(=O)C6(CF)CC6)CC5C=CCCC(C)C/C(C)=C(/NC(=O)OC(C)(C)C)C(=O)N4C3)nc(N3CCCC3)nc2c1. The van der Waals surface area contributed by atoms with Crippen LogP contribution in [0.5, 0.6) is 11.6 Å². The van der Waals surface area contributed by atoms with E-state index in [4.69, 9.17) is 24.2 Å². The summed E-state index contributed by atoms with van der Waals surface area (Å²) < 4.78 is 58.5. The number of fused-ring (bicyclic) bond motifs is 3. The quantitative estimate of drug-likeness (QED) is 0.297. The van der Waals surface area contributed by atoms with E-state index < -0.39 is 74.5 Å². The molecule has 4 heterocycles. The molecule has 2 aliphatic carbocycles. The number of halogens is 1. The number of ether oxygens (including phenoxy) is 3. The predicted molar refractivity (Wildman–Crippen MR) is 220 cm³/mol. The number of hydrogen-bond acceptors (Lipinski definition) is 12. The van der Waals surface area contributed by atoms with Gasteiger partial charge in [-0.1, -0.05) is 19.1 Å². The second-order valence-electron chi connectivity index (χ2n) is 18.0. The van der Waals surface area contributed by atoms with Gasteiger partial charge >= 0.3 is 6.09 Å². The summed E-state index contributed by atoms with van der Waals surface area (Å²) >= 11 is 0. The maximum atomic E-state index is 14.9. The number of allylic oxidation sites excluding steroid dienone is 2. The van der Waals surface area contributed by atoms with Crippen LogP contribution in [0.2, 0.25) is 0 Å². The van der Waals surface area contributed by atoms with Crippen molar-refractivity contribution in [1.29, 1.82) is 0 Å². The molecule has 3 N–H and O–H groups in total. The van der Waals surface area contributed by atoms with Gasteiger partial charge in [0, 0.05) is 31.5 Å². The van der Waals surface area contributed by atoms with Gasteiger partial charge in [-0.25, -0.2) is 22.6 Å². The molecule has 0 radical (unpaired) electrons. The van der Waals surface area contributed by atoms with Crippen molar-refractivity contribution in [2.75, 3.05) is 38.3 Å². The van der Waals surface area contributed by atoms with Crippen LogP contribution < -0.4 is 29.7 Å². The van der Waals surface area contributed by atoms with Gasteiger partial charge in [0.2, 0.25) is 27.8 Å². The lowest BCUT2D eigenvalue weighted by molar-refractivity contribution is -0.137. The minimum Gasteiger partial charge on any atom is -0.497 e. The average molecular weight is 854 g/mol. The summed E-state index contributed by atoms with van der Waals surface area (Å²) in [5.74, 6) is -1.56. The first-order valence-electron chi connectivity index (χ1n) is 20.8. The van der Waals surface area contributed by atoms with Gasteiger partial charge in [-0.2, -0.15) is 4.98 Å². The Morgan fingerprint density at radius 2 is 1.85 bits per heavy atom. The first kappa shape index (κ1) is 43.1. The second kappa shape index (κ2) is 16.5. The third-order valence-electron chi connectivity index (χ3n) is 12.1. The van der Waals surface area contributed by atoms with E-state index >= 15 is 0 Å². The summed E-state index contributed by atoms with van der Waals surface area (Å²) in [6.45, 7) is 9.17. The lowest BCUT2D eigenvalue weighted by atomic mass is 9.95. The van der Waals surface area contributed by atoms with E-state index in [9.17, 15) is 32.0 Å². The van der Waals surface area contributed by atoms with E-state index in [-0.39, 0.29) is 49.7 Å². The predicted octanol–water partition coefficient (Wildman–Crippen LogP) is 4.58. The monoisotopic (exact) mass is 853 g/mol. The first-order valence-corrected chi connectivity index (χ1v) is 22.3. The number of alkyl carbamates (subject to hydrolysis) is 1. The van der Waals surface area contributed by atoms with Gasteiger partial charge in [0.25, 0.3) is 11.8 Å². The molecule has 5 aliphatic rings. The van der Waals surface area contributed by atoms with E-state index in [0.717, 1.165) is 25.9 Å². The van der Waals surface area contributed by atoms with E-state index in [0.29, 0.717) is 47.4 Å². The summed E-state index contributed by atoms with van der Waals surface area (Å²) in [7, 11) is -2.84. The fraction of sp³-hybridized carbons (Fsp3) is 0.619. The standard InChI is InChI=1S/C42H56FN7O9S/c1-25-11-7-8-12-27-22-42(27,37(53)48-60(55,56)41(24-43)15-16-41)47-34(51)32-21-29(23-50(32)36(52)33(26(2)19-25)45-39(54)59-40(3,4)5)58-35-30-14-13-28(57-6)20-31(30)44-38(46-35)49-17-9-10-18-49/h8,12-14,20,25,27,29,32H,7,9-11,15-19,21-24H2,1-6H3,(H,45,54)(H,47,51)(H,48,53)/b12-8?,33-26+. The van der Waals surface area contributed by atoms with Crippen LogP contribution in [0.15, 0.2) is 41.6 Å². The third-order valence-corrected chi connectivity index (χ3v) is 14.2. The molecule has 1 aromatic carbocycles. The Hall–Kier alpha value is -5.00. The van der Waals surface area contributed by atoms with Crippen LogP contribution in [-0.2, 0) is 29.1 Å². The van der Waals surface area contributed by atoms with Crippen LogP contribution in [0.3, 0.4) is 0 Å². The van der Waals surface area contributed by atoms with E-state index in [1.54, 1.807) is 59.1 Å². The number of carbonyl (C=O) groups excluding carboxylic acids is 4. The number of benzene rings is 1. The number of methoxy groups -OCH3 is 1. The highest BCUT2D eigenvalue weighted by atomic mass is 32.2. The van der Waals surface area contributed by atoms with Crippen LogP contribution >= 0.6 is 0 Å². The molecule has 2 saturated heterocycles. The molecule has 0 spiro atoms. The fourth-order valence-electron chi connectivity index (χ4n) is 8.34. The molecule has 326 valence electrons. The van der Waals surface area contributed by atoms with Crippen molar-refractivity contribution < 1.29 is 46.2 Å². The van der Waals surface area contributed by atoms with Crippen molar-refractivity contribution in [3.05, 3.63) is 41.6 Å². The zero-order valence-corrected chi connectivity index (χ0v) is 36.0. The fourth-order valence-corrected chi connectivity index (χ4v) is 9.76. The van der Waals surface area contributed by atoms with E-state index in [1.165, 1.54) is 4.90 Å². The Bertz CT molecular complexity index is 2220. The van der Waals surface area contributed by atoms with Crippen molar-refractivity contribution in [3.8, 4) is 11.6 Å².